The molecule has 0 aliphatic carbocycles. The summed E-state index contributed by atoms with van der Waals surface area (Å²) in [4.78, 5) is 5.11. The van der Waals surface area contributed by atoms with Crippen LogP contribution in [-0.2, 0) is 0 Å². The van der Waals surface area contributed by atoms with Gasteiger partial charge in [0.2, 0.25) is 0 Å². The molecule has 0 saturated heterocycles. The molecule has 0 radical (unpaired) electrons. The van der Waals surface area contributed by atoms with E-state index in [1.54, 1.807) is 0 Å². The molecule has 3 heterocycles. The first-order valence-electron chi connectivity index (χ1n) is 17.6. The average Bonchev–Trinajstić information content (AvgIpc) is 3.82. The number of para-hydroxylation sites is 2. The van der Waals surface area contributed by atoms with Crippen molar-refractivity contribution in [3.63, 3.8) is 0 Å². The molecular formula is C48H33NO2S. The fourth-order valence-electron chi connectivity index (χ4n) is 8.32. The van der Waals surface area contributed by atoms with Crippen LogP contribution in [0.1, 0.15) is 0 Å². The molecule has 4 heteroatoms. The number of furan rings is 2. The maximum absolute atomic E-state index is 6.59. The molecule has 0 atom stereocenters. The van der Waals surface area contributed by atoms with Crippen LogP contribution in [0.3, 0.4) is 0 Å². The van der Waals surface area contributed by atoms with Gasteiger partial charge in [-0.15, -0.1) is 0 Å². The van der Waals surface area contributed by atoms with Gasteiger partial charge < -0.3 is 13.7 Å². The monoisotopic (exact) mass is 687 g/mol. The molecule has 0 bridgehead atoms. The number of rotatable bonds is 4. The Morgan fingerprint density at radius 1 is 0.423 bits per heavy atom. The Labute approximate surface area is 302 Å². The van der Waals surface area contributed by atoms with Crippen molar-refractivity contribution in [3.05, 3.63) is 164 Å². The van der Waals surface area contributed by atoms with Crippen LogP contribution < -0.4 is 4.90 Å². The van der Waals surface area contributed by atoms with Gasteiger partial charge in [0.15, 0.2) is 0 Å². The summed E-state index contributed by atoms with van der Waals surface area (Å²) in [5.41, 5.74) is 11.8. The van der Waals surface area contributed by atoms with Gasteiger partial charge in [0.25, 0.3) is 0 Å². The summed E-state index contributed by atoms with van der Waals surface area (Å²) in [6, 6.07) is 59.0. The summed E-state index contributed by atoms with van der Waals surface area (Å²) in [6.45, 7) is 0. The molecule has 8 aromatic carbocycles. The van der Waals surface area contributed by atoms with Gasteiger partial charge in [0.1, 0.15) is 22.3 Å². The molecule has 0 unspecified atom stereocenters. The Hall–Kier alpha value is -6.23. The van der Waals surface area contributed by atoms with Gasteiger partial charge in [-0.3, -0.25) is 0 Å². The Morgan fingerprint density at radius 2 is 1.04 bits per heavy atom. The Morgan fingerprint density at radius 3 is 1.87 bits per heavy atom. The Bertz CT molecular complexity index is 3060. The van der Waals surface area contributed by atoms with Crippen LogP contribution >= 0.6 is 10.0 Å². The third kappa shape index (κ3) is 4.28. The van der Waals surface area contributed by atoms with Crippen LogP contribution in [0.15, 0.2) is 182 Å². The van der Waals surface area contributed by atoms with Crippen LogP contribution in [0.25, 0.3) is 76.9 Å². The molecule has 0 fully saturated rings. The van der Waals surface area contributed by atoms with E-state index in [1.165, 1.54) is 48.2 Å². The lowest BCUT2D eigenvalue weighted by Gasteiger charge is -2.31. The van der Waals surface area contributed by atoms with Crippen molar-refractivity contribution in [1.82, 2.24) is 0 Å². The molecule has 11 rings (SSSR count). The number of hydrogen-bond donors (Lipinski definition) is 0. The minimum atomic E-state index is -1.33. The fourth-order valence-corrected chi connectivity index (χ4v) is 10.8. The van der Waals surface area contributed by atoms with Crippen molar-refractivity contribution in [2.45, 2.75) is 9.79 Å². The van der Waals surface area contributed by atoms with E-state index in [4.69, 9.17) is 8.83 Å². The third-order valence-corrected chi connectivity index (χ3v) is 13.8. The largest absolute Gasteiger partial charge is 0.456 e. The zero-order chi connectivity index (χ0) is 34.6. The molecule has 1 aliphatic rings. The van der Waals surface area contributed by atoms with E-state index < -0.39 is 10.0 Å². The van der Waals surface area contributed by atoms with Gasteiger partial charge in [-0.25, -0.2) is 0 Å². The lowest BCUT2D eigenvalue weighted by molar-refractivity contribution is 0.668. The van der Waals surface area contributed by atoms with Crippen LogP contribution in [0.4, 0.5) is 17.1 Å². The van der Waals surface area contributed by atoms with E-state index >= 15 is 0 Å². The lowest BCUT2D eigenvalue weighted by Crippen LogP contribution is -2.10. The second-order valence-electron chi connectivity index (χ2n) is 14.1. The summed E-state index contributed by atoms with van der Waals surface area (Å²) in [5, 5.41) is 7.09. The van der Waals surface area contributed by atoms with E-state index in [0.29, 0.717) is 0 Å². The zero-order valence-electron chi connectivity index (χ0n) is 28.8. The highest BCUT2D eigenvalue weighted by Crippen LogP contribution is 2.69. The molecular weight excluding hydrogens is 655 g/mol. The summed E-state index contributed by atoms with van der Waals surface area (Å²) in [6.07, 6.45) is 4.83. The van der Waals surface area contributed by atoms with E-state index in [2.05, 4.69) is 163 Å². The maximum atomic E-state index is 6.59. The van der Waals surface area contributed by atoms with E-state index in [-0.39, 0.29) is 0 Å². The minimum Gasteiger partial charge on any atom is -0.456 e. The first-order chi connectivity index (χ1) is 25.5. The predicted molar refractivity (Wildman–Crippen MR) is 220 cm³/mol. The molecule has 1 aliphatic heterocycles. The minimum absolute atomic E-state index is 0.878. The van der Waals surface area contributed by atoms with Crippen LogP contribution in [-0.4, -0.2) is 12.5 Å². The van der Waals surface area contributed by atoms with Crippen molar-refractivity contribution in [2.75, 3.05) is 17.4 Å². The summed E-state index contributed by atoms with van der Waals surface area (Å²) in [7, 11) is -1.33. The molecule has 52 heavy (non-hydrogen) atoms. The Balaban J connectivity index is 1.08. The smallest absolute Gasteiger partial charge is 0.144 e. The van der Waals surface area contributed by atoms with Crippen molar-refractivity contribution < 1.29 is 8.83 Å². The third-order valence-electron chi connectivity index (χ3n) is 10.9. The fraction of sp³-hybridized carbons (Fsp3) is 0.0417. The summed E-state index contributed by atoms with van der Waals surface area (Å²) in [5.74, 6) is 0. The lowest BCUT2D eigenvalue weighted by atomic mass is 10.0. The SMILES string of the molecule is CS1(C)c2cc(N(c3ccc(-c4ccc5ccccc5c4)cc3)c3ccc4c(c3)oc3ccccc34)ccc2-c2c1ccc1c2oc2ccccc21. The van der Waals surface area contributed by atoms with Crippen molar-refractivity contribution >= 4 is 81.7 Å². The number of anilines is 3. The highest BCUT2D eigenvalue weighted by Gasteiger charge is 2.35. The highest BCUT2D eigenvalue weighted by atomic mass is 32.3. The van der Waals surface area contributed by atoms with Gasteiger partial charge in [-0.2, -0.15) is 10.0 Å². The molecule has 3 nitrogen and oxygen atoms in total. The van der Waals surface area contributed by atoms with Crippen LogP contribution in [0.5, 0.6) is 0 Å². The van der Waals surface area contributed by atoms with Crippen molar-refractivity contribution in [3.8, 4) is 22.3 Å². The number of nitrogens with zero attached hydrogens (tertiary/aromatic N) is 1. The van der Waals surface area contributed by atoms with Gasteiger partial charge in [0.05, 0.1) is 0 Å². The molecule has 2 aromatic heterocycles. The van der Waals surface area contributed by atoms with Gasteiger partial charge >= 0.3 is 0 Å². The standard InChI is InChI=1S/C48H33NO2S/c1-52(2)45-26-25-40-38-12-6-8-14-43(38)51-48(40)47(45)41-24-22-36(29-46(41)52)49(35-21-23-39-37-11-5-7-13-42(37)50-44(39)28-35)34-19-17-31(18-20-34)33-16-15-30-9-3-4-10-32(30)27-33/h3-29H,1-2H3. The molecule has 0 spiro atoms. The van der Waals surface area contributed by atoms with Crippen LogP contribution in [0, 0.1) is 0 Å². The quantitative estimate of drug-likeness (QED) is 0.184. The number of hydrogen-bond acceptors (Lipinski definition) is 3. The van der Waals surface area contributed by atoms with Gasteiger partial charge in [0, 0.05) is 60.0 Å². The first kappa shape index (κ1) is 29.5. The summed E-state index contributed by atoms with van der Waals surface area (Å²) >= 11 is 0. The molecule has 248 valence electrons. The van der Waals surface area contributed by atoms with E-state index in [0.717, 1.165) is 55.6 Å². The second-order valence-corrected chi connectivity index (χ2v) is 17.7. The zero-order valence-corrected chi connectivity index (χ0v) is 29.6. The Kier molecular flexibility index (Phi) is 6.17. The predicted octanol–water partition coefficient (Wildman–Crippen LogP) is 14.2. The highest BCUT2D eigenvalue weighted by molar-refractivity contribution is 8.33. The van der Waals surface area contributed by atoms with Crippen molar-refractivity contribution in [1.29, 1.82) is 0 Å². The molecule has 0 saturated carbocycles. The van der Waals surface area contributed by atoms with Gasteiger partial charge in [-0.1, -0.05) is 91.0 Å². The molecule has 10 aromatic rings. The van der Waals surface area contributed by atoms with Crippen molar-refractivity contribution in [2.24, 2.45) is 0 Å². The molecule has 0 N–H and O–H groups in total. The van der Waals surface area contributed by atoms with Gasteiger partial charge in [-0.05, 0) is 107 Å². The second kappa shape index (κ2) is 10.9. The number of benzene rings is 8. The molecule has 0 amide bonds. The first-order valence-corrected chi connectivity index (χ1v) is 20.1. The summed E-state index contributed by atoms with van der Waals surface area (Å²) < 4.78 is 13.0. The van der Waals surface area contributed by atoms with E-state index in [9.17, 15) is 0 Å². The van der Waals surface area contributed by atoms with E-state index in [1.807, 2.05) is 18.2 Å². The number of fused-ring (bicyclic) bond motifs is 11. The normalized spacial score (nSPS) is 14.0. The average molecular weight is 688 g/mol. The topological polar surface area (TPSA) is 29.5 Å². The van der Waals surface area contributed by atoms with Crippen LogP contribution in [0.2, 0.25) is 0 Å². The maximum Gasteiger partial charge on any atom is 0.144 e.